The van der Waals surface area contributed by atoms with Gasteiger partial charge in [-0.05, 0) is 85.1 Å². The van der Waals surface area contributed by atoms with E-state index >= 15 is 0 Å². The third kappa shape index (κ3) is 20.4. The SMILES string of the molecule is C.C=C1C=C(C)C(=O)O1.C=C1C=C(C)C(=O)O1.C=C1C=C(CC)C(=O)O1.C=C1C=CC(=O)O1.C=C1OC(=O)C(C)=C1C.C=C1OC(=O)C(C)=C1C(F)(F)F.C=C1OC(=O)C(C)=C1C(F)(F)F.C=C1OC(=O)C(CC)=C1CC. The largest absolute Gasteiger partial charge is 0.424 e. The van der Waals surface area contributed by atoms with Gasteiger partial charge < -0.3 is 37.9 Å². The average molecular weight is 1090 g/mol. The molecule has 0 amide bonds. The number of allylic oxidation sites excluding steroid dienone is 8. The number of esters is 8. The second-order valence-corrected chi connectivity index (χ2v) is 15.6. The highest BCUT2D eigenvalue weighted by atomic mass is 19.4. The van der Waals surface area contributed by atoms with E-state index in [1.54, 1.807) is 39.0 Å². The predicted octanol–water partition coefficient (Wildman–Crippen LogP) is 12.1. The zero-order valence-corrected chi connectivity index (χ0v) is 43.0. The molecule has 0 unspecified atom stereocenters. The molecule has 0 spiro atoms. The molecular formula is C55H58F6O16. The van der Waals surface area contributed by atoms with Crippen LogP contribution in [0.4, 0.5) is 26.3 Å². The topological polar surface area (TPSA) is 210 Å². The minimum absolute atomic E-state index is 0. The maximum Gasteiger partial charge on any atom is 0.420 e. The van der Waals surface area contributed by atoms with Crippen molar-refractivity contribution < 1.29 is 103 Å². The lowest BCUT2D eigenvalue weighted by molar-refractivity contribution is -0.134. The minimum Gasteiger partial charge on any atom is -0.424 e. The van der Waals surface area contributed by atoms with Crippen LogP contribution in [-0.4, -0.2) is 60.1 Å². The number of cyclic esters (lactones) is 8. The van der Waals surface area contributed by atoms with Gasteiger partial charge in [0, 0.05) is 45.1 Å². The maximum absolute atomic E-state index is 12.1. The van der Waals surface area contributed by atoms with E-state index < -0.39 is 58.1 Å². The predicted molar refractivity (Wildman–Crippen MR) is 267 cm³/mol. The summed E-state index contributed by atoms with van der Waals surface area (Å²) < 4.78 is 109. The van der Waals surface area contributed by atoms with Crippen LogP contribution in [0.15, 0.2) is 190 Å². The Bertz CT molecular complexity index is 2700. The molecule has 0 fully saturated rings. The molecule has 0 atom stereocenters. The first kappa shape index (κ1) is 68.2. The zero-order valence-electron chi connectivity index (χ0n) is 43.0. The van der Waals surface area contributed by atoms with E-state index in [0.29, 0.717) is 56.8 Å². The molecule has 0 saturated heterocycles. The lowest BCUT2D eigenvalue weighted by atomic mass is 10.1. The molecule has 0 saturated carbocycles. The van der Waals surface area contributed by atoms with Gasteiger partial charge in [-0.15, -0.1) is 0 Å². The summed E-state index contributed by atoms with van der Waals surface area (Å²) in [6.07, 6.45) is 0.922. The lowest BCUT2D eigenvalue weighted by Gasteiger charge is -2.06. The summed E-state index contributed by atoms with van der Waals surface area (Å²) in [6.45, 7) is 41.8. The molecule has 0 aromatic rings. The van der Waals surface area contributed by atoms with Crippen LogP contribution in [0.3, 0.4) is 0 Å². The van der Waals surface area contributed by atoms with Crippen LogP contribution in [0, 0.1) is 0 Å². The van der Waals surface area contributed by atoms with E-state index in [4.69, 9.17) is 4.74 Å². The first-order chi connectivity index (χ1) is 34.9. The molecule has 8 heterocycles. The van der Waals surface area contributed by atoms with Crippen LogP contribution in [0.2, 0.25) is 0 Å². The quantitative estimate of drug-likeness (QED) is 0.146. The van der Waals surface area contributed by atoms with Gasteiger partial charge in [0.2, 0.25) is 0 Å². The molecule has 0 aliphatic carbocycles. The van der Waals surface area contributed by atoms with Crippen LogP contribution in [0.25, 0.3) is 0 Å². The Morgan fingerprint density at radius 3 is 0.883 bits per heavy atom. The summed E-state index contributed by atoms with van der Waals surface area (Å²) in [6, 6.07) is 0. The molecule has 0 radical (unpaired) electrons. The number of alkyl halides is 6. The number of ether oxygens (including phenoxy) is 8. The number of carbonyl (C=O) groups is 8. The molecule has 416 valence electrons. The fourth-order valence-electron chi connectivity index (χ4n) is 5.90. The van der Waals surface area contributed by atoms with Crippen molar-refractivity contribution in [2.24, 2.45) is 0 Å². The molecule has 8 aliphatic heterocycles. The maximum atomic E-state index is 12.1. The van der Waals surface area contributed by atoms with Gasteiger partial charge in [-0.2, -0.15) is 26.3 Å². The van der Waals surface area contributed by atoms with Crippen molar-refractivity contribution in [1.29, 1.82) is 0 Å². The standard InChI is InChI=1S/C9H12O2.2C7H5F3O2.2C7H8O2.2C6H6O2.C5H4O2.CH4/c1-4-7-6(3)11-9(10)8(7)5-2;2*1-3-5(7(8,9)10)4(2)12-6(3)11;1-4-5(2)7(8)9-6(4)3;1-3-6-4-5(2)9-7(6)8;2*1-4-3-5(2)8-6(4)7;1-4-2-3-5(6)7-4;/h3-5H2,1-2H3;2*2H2,1H3;3H2,1-2H3;4H,2-3H2,1H3;2*3H,2H2,1H3;2-3H,1H2;1H4. The van der Waals surface area contributed by atoms with Crippen LogP contribution < -0.4 is 0 Å². The van der Waals surface area contributed by atoms with E-state index in [2.05, 4.69) is 85.8 Å². The van der Waals surface area contributed by atoms with E-state index in [1.165, 1.54) is 12.2 Å². The van der Waals surface area contributed by atoms with Gasteiger partial charge in [0.1, 0.15) is 57.2 Å². The summed E-state index contributed by atoms with van der Waals surface area (Å²) in [5.41, 5.74) is 2.25. The van der Waals surface area contributed by atoms with E-state index in [0.717, 1.165) is 49.8 Å². The molecule has 16 nitrogen and oxygen atoms in total. The average Bonchev–Trinajstić information content (AvgIpc) is 4.18. The summed E-state index contributed by atoms with van der Waals surface area (Å²) in [4.78, 5) is 84.5. The van der Waals surface area contributed by atoms with Crippen molar-refractivity contribution in [1.82, 2.24) is 0 Å². The van der Waals surface area contributed by atoms with Crippen molar-refractivity contribution >= 4 is 47.8 Å². The Hall–Kier alpha value is -8.82. The van der Waals surface area contributed by atoms with Gasteiger partial charge in [0.25, 0.3) is 0 Å². The van der Waals surface area contributed by atoms with Gasteiger partial charge in [-0.1, -0.05) is 80.8 Å². The number of hydrogen-bond acceptors (Lipinski definition) is 16. The number of rotatable bonds is 3. The molecule has 0 aromatic carbocycles. The summed E-state index contributed by atoms with van der Waals surface area (Å²) >= 11 is 0. The molecule has 8 aliphatic rings. The highest BCUT2D eigenvalue weighted by Gasteiger charge is 2.45. The Balaban J connectivity index is 0.000000861. The van der Waals surface area contributed by atoms with E-state index in [-0.39, 0.29) is 43.2 Å². The fraction of sp³-hybridized carbons (Fsp3) is 0.273. The van der Waals surface area contributed by atoms with Crippen LogP contribution in [0.1, 0.15) is 89.0 Å². The van der Waals surface area contributed by atoms with E-state index in [9.17, 15) is 64.7 Å². The van der Waals surface area contributed by atoms with Crippen molar-refractivity contribution in [2.75, 3.05) is 0 Å². The Morgan fingerprint density at radius 1 is 0.377 bits per heavy atom. The monoisotopic (exact) mass is 1090 g/mol. The van der Waals surface area contributed by atoms with Crippen molar-refractivity contribution in [3.63, 3.8) is 0 Å². The first-order valence-electron chi connectivity index (χ1n) is 21.9. The normalized spacial score (nSPS) is 18.0. The smallest absolute Gasteiger partial charge is 0.420 e. The van der Waals surface area contributed by atoms with Crippen molar-refractivity contribution in [2.45, 2.75) is 101 Å². The van der Waals surface area contributed by atoms with Crippen LogP contribution >= 0.6 is 0 Å². The van der Waals surface area contributed by atoms with E-state index in [1.807, 2.05) is 27.7 Å². The third-order valence-corrected chi connectivity index (χ3v) is 9.98. The van der Waals surface area contributed by atoms with Gasteiger partial charge >= 0.3 is 60.1 Å². The van der Waals surface area contributed by atoms with Gasteiger partial charge in [-0.25, -0.2) is 38.4 Å². The van der Waals surface area contributed by atoms with Crippen LogP contribution in [-0.2, 0) is 76.3 Å². The Morgan fingerprint density at radius 2 is 0.740 bits per heavy atom. The van der Waals surface area contributed by atoms with Gasteiger partial charge in [-0.3, -0.25) is 0 Å². The second-order valence-electron chi connectivity index (χ2n) is 15.6. The highest BCUT2D eigenvalue weighted by Crippen LogP contribution is 2.39. The molecule has 0 N–H and O–H groups in total. The molecule has 8 rings (SSSR count). The number of hydrogen-bond donors (Lipinski definition) is 0. The van der Waals surface area contributed by atoms with Crippen LogP contribution in [0.5, 0.6) is 0 Å². The fourth-order valence-corrected chi connectivity index (χ4v) is 5.90. The first-order valence-corrected chi connectivity index (χ1v) is 21.9. The molecule has 0 bridgehead atoms. The minimum atomic E-state index is -4.56. The molecule has 0 aromatic heterocycles. The molecule has 77 heavy (non-hydrogen) atoms. The number of carbonyl (C=O) groups excluding carboxylic acids is 8. The summed E-state index contributed by atoms with van der Waals surface area (Å²) in [5, 5.41) is 0. The summed E-state index contributed by atoms with van der Waals surface area (Å²) in [7, 11) is 0. The van der Waals surface area contributed by atoms with Crippen molar-refractivity contribution in [3.8, 4) is 0 Å². The van der Waals surface area contributed by atoms with Gasteiger partial charge in [0.05, 0.1) is 11.1 Å². The van der Waals surface area contributed by atoms with Gasteiger partial charge in [0.15, 0.2) is 0 Å². The molecule has 22 heteroatoms. The third-order valence-electron chi connectivity index (χ3n) is 9.98. The Labute approximate surface area is 441 Å². The Kier molecular flexibility index (Phi) is 26.0. The van der Waals surface area contributed by atoms with Crippen molar-refractivity contribution in [3.05, 3.63) is 190 Å². The second kappa shape index (κ2) is 29.3. The molecular weight excluding hydrogens is 1030 g/mol. The zero-order chi connectivity index (χ0) is 58.9. The summed E-state index contributed by atoms with van der Waals surface area (Å²) in [5.74, 6) is -2.05. The highest BCUT2D eigenvalue weighted by molar-refractivity contribution is 5.96. The number of halogens is 6. The lowest BCUT2D eigenvalue weighted by Crippen LogP contribution is -2.12.